The summed E-state index contributed by atoms with van der Waals surface area (Å²) in [6.07, 6.45) is -0.190. The third kappa shape index (κ3) is 4.53. The Morgan fingerprint density at radius 1 is 1.29 bits per heavy atom. The van der Waals surface area contributed by atoms with Crippen LogP contribution in [0.3, 0.4) is 0 Å². The van der Waals surface area contributed by atoms with Gasteiger partial charge in [0.2, 0.25) is 5.91 Å². The molecule has 2 rings (SSSR count). The summed E-state index contributed by atoms with van der Waals surface area (Å²) < 4.78 is 4.67. The first-order chi connectivity index (χ1) is 11.5. The Hall–Kier alpha value is -2.45. The Kier molecular flexibility index (Phi) is 6.28. The largest absolute Gasteiger partial charge is 0.480 e. The van der Waals surface area contributed by atoms with E-state index in [4.69, 9.17) is 0 Å². The number of carbonyl (C=O) groups excluding carboxylic acids is 2. The summed E-state index contributed by atoms with van der Waals surface area (Å²) in [4.78, 5) is 37.2. The molecule has 1 fully saturated rings. The van der Waals surface area contributed by atoms with Gasteiger partial charge in [0.05, 0.1) is 24.8 Å². The van der Waals surface area contributed by atoms with Gasteiger partial charge >= 0.3 is 11.9 Å². The van der Waals surface area contributed by atoms with Gasteiger partial charge in [0.25, 0.3) is 0 Å². The number of benzene rings is 1. The normalized spacial score (nSPS) is 16.2. The van der Waals surface area contributed by atoms with Crippen LogP contribution in [0.5, 0.6) is 0 Å². The minimum absolute atomic E-state index is 0.190. The van der Waals surface area contributed by atoms with E-state index in [2.05, 4.69) is 15.4 Å². The number of nitrogens with zero attached hydrogens (tertiary/aromatic N) is 1. The molecule has 1 aliphatic rings. The highest BCUT2D eigenvalue weighted by Gasteiger charge is 2.29. The van der Waals surface area contributed by atoms with Crippen molar-refractivity contribution >= 4 is 23.5 Å². The SMILES string of the molecule is COC(=O)c1ccccc1NC(=O)CC(C(=O)O)N1CCNCC1. The summed E-state index contributed by atoms with van der Waals surface area (Å²) in [5, 5.41) is 15.2. The number of carboxylic acid groups (broad SMARTS) is 1. The van der Waals surface area contributed by atoms with Crippen molar-refractivity contribution in [1.29, 1.82) is 0 Å². The van der Waals surface area contributed by atoms with Crippen molar-refractivity contribution in [3.05, 3.63) is 29.8 Å². The highest BCUT2D eigenvalue weighted by molar-refractivity contribution is 6.02. The van der Waals surface area contributed by atoms with E-state index in [1.165, 1.54) is 13.2 Å². The van der Waals surface area contributed by atoms with Crippen LogP contribution in [0.4, 0.5) is 5.69 Å². The van der Waals surface area contributed by atoms with Crippen LogP contribution >= 0.6 is 0 Å². The molecular formula is C16H21N3O5. The number of hydrogen-bond donors (Lipinski definition) is 3. The molecule has 1 saturated heterocycles. The van der Waals surface area contributed by atoms with Gasteiger partial charge in [-0.25, -0.2) is 4.79 Å². The van der Waals surface area contributed by atoms with E-state index in [-0.39, 0.29) is 12.0 Å². The van der Waals surface area contributed by atoms with E-state index in [1.807, 2.05) is 0 Å². The van der Waals surface area contributed by atoms with Gasteiger partial charge in [0.15, 0.2) is 0 Å². The van der Waals surface area contributed by atoms with Crippen LogP contribution < -0.4 is 10.6 Å². The molecule has 1 aromatic carbocycles. The number of amides is 1. The molecule has 1 heterocycles. The number of piperazine rings is 1. The monoisotopic (exact) mass is 335 g/mol. The lowest BCUT2D eigenvalue weighted by molar-refractivity contribution is -0.145. The molecule has 0 aromatic heterocycles. The highest BCUT2D eigenvalue weighted by Crippen LogP contribution is 2.17. The number of aliphatic carboxylic acids is 1. The lowest BCUT2D eigenvalue weighted by atomic mass is 10.1. The van der Waals surface area contributed by atoms with Gasteiger partial charge in [0, 0.05) is 26.2 Å². The third-order valence-electron chi connectivity index (χ3n) is 3.86. The van der Waals surface area contributed by atoms with E-state index in [0.29, 0.717) is 31.9 Å². The molecule has 130 valence electrons. The van der Waals surface area contributed by atoms with Gasteiger partial charge in [-0.3, -0.25) is 14.5 Å². The second-order valence-electron chi connectivity index (χ2n) is 5.43. The predicted molar refractivity (Wildman–Crippen MR) is 86.9 cm³/mol. The molecule has 24 heavy (non-hydrogen) atoms. The smallest absolute Gasteiger partial charge is 0.339 e. The van der Waals surface area contributed by atoms with Crippen LogP contribution in [0.1, 0.15) is 16.8 Å². The molecule has 1 aromatic rings. The van der Waals surface area contributed by atoms with Crippen LogP contribution in [0.25, 0.3) is 0 Å². The van der Waals surface area contributed by atoms with Gasteiger partial charge < -0.3 is 20.5 Å². The fourth-order valence-corrected chi connectivity index (χ4v) is 2.62. The number of carbonyl (C=O) groups is 3. The zero-order valence-corrected chi connectivity index (χ0v) is 13.4. The third-order valence-corrected chi connectivity index (χ3v) is 3.86. The van der Waals surface area contributed by atoms with E-state index < -0.39 is 23.9 Å². The Morgan fingerprint density at radius 2 is 1.96 bits per heavy atom. The van der Waals surface area contributed by atoms with Crippen molar-refractivity contribution in [3.8, 4) is 0 Å². The topological polar surface area (TPSA) is 108 Å². The number of esters is 1. The number of carboxylic acids is 1. The van der Waals surface area contributed by atoms with Crippen molar-refractivity contribution in [1.82, 2.24) is 10.2 Å². The van der Waals surface area contributed by atoms with Crippen molar-refractivity contribution < 1.29 is 24.2 Å². The highest BCUT2D eigenvalue weighted by atomic mass is 16.5. The minimum atomic E-state index is -1.03. The quantitative estimate of drug-likeness (QED) is 0.636. The molecule has 1 unspecified atom stereocenters. The van der Waals surface area contributed by atoms with Crippen LogP contribution in [-0.4, -0.2) is 67.2 Å². The Balaban J connectivity index is 2.06. The van der Waals surface area contributed by atoms with Crippen LogP contribution in [0.2, 0.25) is 0 Å². The maximum atomic E-state index is 12.3. The van der Waals surface area contributed by atoms with Crippen LogP contribution in [0, 0.1) is 0 Å². The van der Waals surface area contributed by atoms with E-state index in [0.717, 1.165) is 0 Å². The van der Waals surface area contributed by atoms with Crippen molar-refractivity contribution in [2.75, 3.05) is 38.6 Å². The molecule has 1 amide bonds. The molecule has 3 N–H and O–H groups in total. The molecule has 8 nitrogen and oxygen atoms in total. The van der Waals surface area contributed by atoms with Crippen molar-refractivity contribution in [2.24, 2.45) is 0 Å². The van der Waals surface area contributed by atoms with Crippen LogP contribution in [0.15, 0.2) is 24.3 Å². The Labute approximate surface area is 139 Å². The van der Waals surface area contributed by atoms with E-state index in [1.54, 1.807) is 23.1 Å². The second kappa shape index (κ2) is 8.42. The number of rotatable bonds is 6. The number of nitrogens with one attached hydrogen (secondary N) is 2. The predicted octanol–water partition coefficient (Wildman–Crippen LogP) is 0.160. The summed E-state index contributed by atoms with van der Waals surface area (Å²) in [6, 6.07) is 5.55. The van der Waals surface area contributed by atoms with E-state index in [9.17, 15) is 19.5 Å². The van der Waals surface area contributed by atoms with Crippen LogP contribution in [-0.2, 0) is 14.3 Å². The maximum Gasteiger partial charge on any atom is 0.339 e. The molecule has 0 spiro atoms. The first-order valence-electron chi connectivity index (χ1n) is 7.67. The zero-order valence-electron chi connectivity index (χ0n) is 13.4. The lowest BCUT2D eigenvalue weighted by Crippen LogP contribution is -2.52. The molecule has 0 radical (unpaired) electrons. The molecule has 0 bridgehead atoms. The fraction of sp³-hybridized carbons (Fsp3) is 0.438. The number of anilines is 1. The van der Waals surface area contributed by atoms with E-state index >= 15 is 0 Å². The van der Waals surface area contributed by atoms with Gasteiger partial charge in [-0.1, -0.05) is 12.1 Å². The summed E-state index contributed by atoms with van der Waals surface area (Å²) in [5.74, 6) is -2.06. The first-order valence-corrected chi connectivity index (χ1v) is 7.67. The lowest BCUT2D eigenvalue weighted by Gasteiger charge is -2.32. The molecule has 1 atom stereocenters. The zero-order chi connectivity index (χ0) is 17.5. The Morgan fingerprint density at radius 3 is 2.58 bits per heavy atom. The second-order valence-corrected chi connectivity index (χ2v) is 5.43. The number of para-hydroxylation sites is 1. The molecular weight excluding hydrogens is 314 g/mol. The average molecular weight is 335 g/mol. The molecule has 8 heteroatoms. The van der Waals surface area contributed by atoms with Gasteiger partial charge in [-0.2, -0.15) is 0 Å². The first kappa shape index (κ1) is 17.9. The number of hydrogen-bond acceptors (Lipinski definition) is 6. The van der Waals surface area contributed by atoms with Crippen molar-refractivity contribution in [2.45, 2.75) is 12.5 Å². The van der Waals surface area contributed by atoms with Crippen molar-refractivity contribution in [3.63, 3.8) is 0 Å². The summed E-state index contributed by atoms with van der Waals surface area (Å²) in [7, 11) is 1.26. The molecule has 0 saturated carbocycles. The average Bonchev–Trinajstić information content (AvgIpc) is 2.60. The minimum Gasteiger partial charge on any atom is -0.480 e. The standard InChI is InChI=1S/C16H21N3O5/c1-24-16(23)11-4-2-3-5-12(11)18-14(20)10-13(15(21)22)19-8-6-17-7-9-19/h2-5,13,17H,6-10H2,1H3,(H,18,20)(H,21,22). The maximum absolute atomic E-state index is 12.3. The number of ether oxygens (including phenoxy) is 1. The summed E-state index contributed by atoms with van der Waals surface area (Å²) in [5.41, 5.74) is 0.529. The number of methoxy groups -OCH3 is 1. The van der Waals surface area contributed by atoms with Gasteiger partial charge in [0.1, 0.15) is 6.04 Å². The van der Waals surface area contributed by atoms with Gasteiger partial charge in [-0.05, 0) is 12.1 Å². The Bertz CT molecular complexity index is 613. The molecule has 0 aliphatic carbocycles. The fourth-order valence-electron chi connectivity index (χ4n) is 2.62. The van der Waals surface area contributed by atoms with Gasteiger partial charge in [-0.15, -0.1) is 0 Å². The molecule has 1 aliphatic heterocycles. The summed E-state index contributed by atoms with van der Waals surface area (Å²) >= 11 is 0. The summed E-state index contributed by atoms with van der Waals surface area (Å²) in [6.45, 7) is 2.53.